The molecule has 39 heavy (non-hydrogen) atoms. The molecule has 1 N–H and O–H groups in total. The smallest absolute Gasteiger partial charge is 0.304 e. The minimum absolute atomic E-state index is 0.0146. The van der Waals surface area contributed by atoms with Gasteiger partial charge in [-0.2, -0.15) is 13.2 Å². The predicted octanol–water partition coefficient (Wildman–Crippen LogP) is 6.00. The van der Waals surface area contributed by atoms with E-state index < -0.39 is 11.7 Å². The van der Waals surface area contributed by atoms with Gasteiger partial charge in [0.05, 0.1) is 27.9 Å². The highest BCUT2D eigenvalue weighted by atomic mass is 32.2. The molecule has 0 radical (unpaired) electrons. The molecule has 4 rings (SSSR count). The van der Waals surface area contributed by atoms with Gasteiger partial charge in [-0.3, -0.25) is 14.2 Å². The lowest BCUT2D eigenvalue weighted by Gasteiger charge is -2.19. The monoisotopic (exact) mass is 575 g/mol. The number of fused-ring (bicyclic) bond motifs is 1. The zero-order valence-electron chi connectivity index (χ0n) is 21.5. The van der Waals surface area contributed by atoms with Crippen molar-refractivity contribution in [3.8, 4) is 11.3 Å². The summed E-state index contributed by atoms with van der Waals surface area (Å²) >= 11 is 2.28. The summed E-state index contributed by atoms with van der Waals surface area (Å²) in [6.07, 6.45) is -3.69. The zero-order chi connectivity index (χ0) is 28.0. The fourth-order valence-corrected chi connectivity index (χ4v) is 5.61. The zero-order valence-corrected chi connectivity index (χ0v) is 23.1. The summed E-state index contributed by atoms with van der Waals surface area (Å²) in [5.74, 6) is -0.374. The van der Waals surface area contributed by atoms with Crippen molar-refractivity contribution < 1.29 is 18.0 Å². The van der Waals surface area contributed by atoms with Crippen LogP contribution in [0.4, 0.5) is 18.3 Å². The first-order valence-corrected chi connectivity index (χ1v) is 14.3. The van der Waals surface area contributed by atoms with Gasteiger partial charge < -0.3 is 10.2 Å². The van der Waals surface area contributed by atoms with Gasteiger partial charge in [-0.25, -0.2) is 9.97 Å². The summed E-state index contributed by atoms with van der Waals surface area (Å²) in [5, 5.41) is 5.55. The lowest BCUT2D eigenvalue weighted by molar-refractivity contribution is -0.137. The number of thioether (sulfide) groups is 1. The maximum Gasteiger partial charge on any atom is 0.416 e. The van der Waals surface area contributed by atoms with Crippen LogP contribution in [0.1, 0.15) is 25.8 Å². The third-order valence-electron chi connectivity index (χ3n) is 6.15. The van der Waals surface area contributed by atoms with Gasteiger partial charge in [0.2, 0.25) is 5.91 Å². The van der Waals surface area contributed by atoms with Crippen LogP contribution in [0.2, 0.25) is 0 Å². The van der Waals surface area contributed by atoms with Crippen molar-refractivity contribution in [3.63, 3.8) is 0 Å². The Kier molecular flexibility index (Phi) is 9.41. The molecule has 7 nitrogen and oxygen atoms in total. The molecular formula is C27H28F3N5O2S2. The van der Waals surface area contributed by atoms with Crippen LogP contribution in [-0.2, 0) is 17.5 Å². The van der Waals surface area contributed by atoms with E-state index >= 15 is 0 Å². The van der Waals surface area contributed by atoms with Gasteiger partial charge in [-0.1, -0.05) is 49.9 Å². The molecule has 2 aromatic heterocycles. The van der Waals surface area contributed by atoms with Crippen LogP contribution in [0, 0.1) is 0 Å². The molecule has 12 heteroatoms. The number of hydrogen-bond acceptors (Lipinski definition) is 7. The number of carbonyl (C=O) groups is 1. The Labute approximate surface area is 232 Å². The summed E-state index contributed by atoms with van der Waals surface area (Å²) in [6, 6.07) is 12.0. The Balaban J connectivity index is 1.46. The first-order chi connectivity index (χ1) is 18.7. The molecule has 2 heterocycles. The van der Waals surface area contributed by atoms with E-state index in [1.54, 1.807) is 28.1 Å². The average Bonchev–Trinajstić information content (AvgIpc) is 3.39. The van der Waals surface area contributed by atoms with Gasteiger partial charge in [0.15, 0.2) is 10.3 Å². The molecule has 4 aromatic rings. The topological polar surface area (TPSA) is 80.1 Å². The normalized spacial score (nSPS) is 11.8. The molecule has 0 fully saturated rings. The first-order valence-electron chi connectivity index (χ1n) is 12.5. The molecule has 206 valence electrons. The van der Waals surface area contributed by atoms with E-state index in [4.69, 9.17) is 0 Å². The van der Waals surface area contributed by atoms with Crippen LogP contribution >= 0.6 is 23.1 Å². The molecule has 0 spiro atoms. The van der Waals surface area contributed by atoms with Crippen molar-refractivity contribution in [2.45, 2.75) is 38.1 Å². The SMILES string of the molecule is CCN(CC)CCCn1c(SCC(=O)Nc2nc(-c3cccc(C(F)(F)F)c3)cs2)nc2ccccc2c1=O. The predicted molar refractivity (Wildman–Crippen MR) is 150 cm³/mol. The maximum absolute atomic E-state index is 13.2. The number of alkyl halides is 3. The van der Waals surface area contributed by atoms with Gasteiger partial charge in [-0.15, -0.1) is 11.3 Å². The second-order valence-corrected chi connectivity index (χ2v) is 10.5. The summed E-state index contributed by atoms with van der Waals surface area (Å²) in [7, 11) is 0. The van der Waals surface area contributed by atoms with Gasteiger partial charge in [-0.05, 0) is 50.3 Å². The van der Waals surface area contributed by atoms with Crippen LogP contribution in [0.3, 0.4) is 0 Å². The summed E-state index contributed by atoms with van der Waals surface area (Å²) < 4.78 is 40.8. The van der Waals surface area contributed by atoms with Crippen LogP contribution in [-0.4, -0.2) is 50.7 Å². The molecule has 2 aromatic carbocycles. The molecule has 0 aliphatic heterocycles. The fraction of sp³-hybridized carbons (Fsp3) is 0.333. The highest BCUT2D eigenvalue weighted by Gasteiger charge is 2.30. The molecule has 1 amide bonds. The van der Waals surface area contributed by atoms with E-state index in [1.165, 1.54) is 12.1 Å². The fourth-order valence-electron chi connectivity index (χ4n) is 4.05. The molecule has 0 unspecified atom stereocenters. The van der Waals surface area contributed by atoms with Crippen LogP contribution in [0.25, 0.3) is 22.2 Å². The number of thiazole rings is 1. The van der Waals surface area contributed by atoms with Crippen molar-refractivity contribution in [3.05, 3.63) is 69.8 Å². The highest BCUT2D eigenvalue weighted by molar-refractivity contribution is 7.99. The van der Waals surface area contributed by atoms with E-state index in [-0.39, 0.29) is 22.4 Å². The van der Waals surface area contributed by atoms with Crippen molar-refractivity contribution in [1.82, 2.24) is 19.4 Å². The van der Waals surface area contributed by atoms with Crippen molar-refractivity contribution in [2.75, 3.05) is 30.7 Å². The van der Waals surface area contributed by atoms with Crippen molar-refractivity contribution >= 4 is 45.0 Å². The summed E-state index contributed by atoms with van der Waals surface area (Å²) in [6.45, 7) is 7.36. The maximum atomic E-state index is 13.2. The lowest BCUT2D eigenvalue weighted by atomic mass is 10.1. The van der Waals surface area contributed by atoms with Crippen LogP contribution in [0.15, 0.2) is 63.9 Å². The van der Waals surface area contributed by atoms with E-state index in [0.717, 1.165) is 61.3 Å². The standard InChI is InChI=1S/C27H28F3N5O2S2/c1-3-34(4-2)13-8-14-35-24(37)20-11-5-6-12-21(20)32-26(35)39-17-23(36)33-25-31-22(16-38-25)18-9-7-10-19(15-18)27(28,29)30/h5-7,9-12,15-16H,3-4,8,13-14,17H2,1-2H3,(H,31,33,36). The number of nitrogens with zero attached hydrogens (tertiary/aromatic N) is 4. The summed E-state index contributed by atoms with van der Waals surface area (Å²) in [5.41, 5.74) is 0.308. The molecule has 0 atom stereocenters. The van der Waals surface area contributed by atoms with Gasteiger partial charge in [0.1, 0.15) is 0 Å². The lowest BCUT2D eigenvalue weighted by Crippen LogP contribution is -2.28. The number of hydrogen-bond donors (Lipinski definition) is 1. The Morgan fingerprint density at radius 2 is 1.87 bits per heavy atom. The number of aromatic nitrogens is 3. The molecular weight excluding hydrogens is 547 g/mol. The minimum atomic E-state index is -4.46. The molecule has 0 bridgehead atoms. The van der Waals surface area contributed by atoms with E-state index in [0.29, 0.717) is 33.9 Å². The average molecular weight is 576 g/mol. The van der Waals surface area contributed by atoms with E-state index in [2.05, 4.69) is 34.0 Å². The van der Waals surface area contributed by atoms with Gasteiger partial charge >= 0.3 is 6.18 Å². The molecule has 0 saturated carbocycles. The van der Waals surface area contributed by atoms with Gasteiger partial charge in [0.25, 0.3) is 5.56 Å². The number of carbonyl (C=O) groups excluding carboxylic acids is 1. The van der Waals surface area contributed by atoms with Crippen LogP contribution < -0.4 is 10.9 Å². The number of rotatable bonds is 11. The first kappa shape index (κ1) is 28.8. The van der Waals surface area contributed by atoms with E-state index in [1.807, 2.05) is 6.07 Å². The highest BCUT2D eigenvalue weighted by Crippen LogP contribution is 2.33. The molecule has 0 aliphatic rings. The summed E-state index contributed by atoms with van der Waals surface area (Å²) in [4.78, 5) is 37.2. The second-order valence-electron chi connectivity index (χ2n) is 8.70. The second kappa shape index (κ2) is 12.8. The minimum Gasteiger partial charge on any atom is -0.304 e. The third kappa shape index (κ3) is 7.25. The van der Waals surface area contributed by atoms with Crippen LogP contribution in [0.5, 0.6) is 0 Å². The van der Waals surface area contributed by atoms with E-state index in [9.17, 15) is 22.8 Å². The number of anilines is 1. The van der Waals surface area contributed by atoms with Gasteiger partial charge in [0, 0.05) is 17.5 Å². The largest absolute Gasteiger partial charge is 0.416 e. The Morgan fingerprint density at radius 1 is 1.10 bits per heavy atom. The van der Waals surface area contributed by atoms with Crippen molar-refractivity contribution in [1.29, 1.82) is 0 Å². The number of nitrogens with one attached hydrogen (secondary N) is 1. The Hall–Kier alpha value is -3.22. The number of benzene rings is 2. The molecule has 0 saturated heterocycles. The number of halogens is 3. The third-order valence-corrected chi connectivity index (χ3v) is 7.88. The van der Waals surface area contributed by atoms with Crippen molar-refractivity contribution in [2.24, 2.45) is 0 Å². The Morgan fingerprint density at radius 3 is 2.62 bits per heavy atom. The Bertz CT molecular complexity index is 1500. The quantitative estimate of drug-likeness (QED) is 0.175. The molecule has 0 aliphatic carbocycles. The number of amides is 1. The number of para-hydroxylation sites is 1.